The van der Waals surface area contributed by atoms with Crippen molar-refractivity contribution >= 4 is 34.2 Å². The third kappa shape index (κ3) is 3.91. The van der Waals surface area contributed by atoms with Gasteiger partial charge in [0.1, 0.15) is 10.6 Å². The number of para-hydroxylation sites is 1. The zero-order valence-corrected chi connectivity index (χ0v) is 16.9. The molecule has 154 valence electrons. The number of hydrogen-bond donors (Lipinski definition) is 0. The molecule has 0 atom stereocenters. The van der Waals surface area contributed by atoms with Gasteiger partial charge >= 0.3 is 5.97 Å². The minimum absolute atomic E-state index is 0.0838. The highest BCUT2D eigenvalue weighted by molar-refractivity contribution is 6.32. The van der Waals surface area contributed by atoms with Crippen molar-refractivity contribution in [1.82, 2.24) is 0 Å². The van der Waals surface area contributed by atoms with Crippen LogP contribution in [0.3, 0.4) is 0 Å². The standard InChI is InChI=1S/C23H14ClNO6/c1-13-6-8-14(9-7-13)21-22(20(26)16-4-2-3-5-19(16)30-21)31-23(27)15-10-11-17(24)18(12-15)25(28)29/h2-12H,1H3. The van der Waals surface area contributed by atoms with Gasteiger partial charge in [-0.2, -0.15) is 0 Å². The number of fused-ring (bicyclic) bond motifs is 1. The summed E-state index contributed by atoms with van der Waals surface area (Å²) in [7, 11) is 0. The van der Waals surface area contributed by atoms with Gasteiger partial charge < -0.3 is 9.15 Å². The van der Waals surface area contributed by atoms with Crippen molar-refractivity contribution in [3.8, 4) is 17.1 Å². The number of aryl methyl sites for hydroxylation is 1. The molecule has 0 aliphatic rings. The van der Waals surface area contributed by atoms with Crippen molar-refractivity contribution in [2.75, 3.05) is 0 Å². The molecule has 0 aliphatic carbocycles. The monoisotopic (exact) mass is 435 g/mol. The van der Waals surface area contributed by atoms with Gasteiger partial charge in [-0.25, -0.2) is 4.79 Å². The van der Waals surface area contributed by atoms with Gasteiger partial charge in [0.25, 0.3) is 5.69 Å². The van der Waals surface area contributed by atoms with E-state index in [1.807, 2.05) is 19.1 Å². The van der Waals surface area contributed by atoms with E-state index < -0.39 is 22.0 Å². The first-order chi connectivity index (χ1) is 14.8. The summed E-state index contributed by atoms with van der Waals surface area (Å²) in [6.07, 6.45) is 0. The zero-order chi connectivity index (χ0) is 22.1. The van der Waals surface area contributed by atoms with Crippen LogP contribution in [0.2, 0.25) is 5.02 Å². The molecule has 1 aromatic heterocycles. The quantitative estimate of drug-likeness (QED) is 0.237. The molecule has 0 N–H and O–H groups in total. The molecule has 8 heteroatoms. The lowest BCUT2D eigenvalue weighted by molar-refractivity contribution is -0.384. The lowest BCUT2D eigenvalue weighted by Gasteiger charge is -2.11. The summed E-state index contributed by atoms with van der Waals surface area (Å²) in [5.41, 5.74) is 0.774. The number of ether oxygens (including phenoxy) is 1. The van der Waals surface area contributed by atoms with Crippen LogP contribution in [-0.4, -0.2) is 10.9 Å². The molecule has 4 aromatic rings. The van der Waals surface area contributed by atoms with E-state index in [4.69, 9.17) is 20.8 Å². The Bertz CT molecular complexity index is 1390. The number of carbonyl (C=O) groups is 1. The van der Waals surface area contributed by atoms with Crippen molar-refractivity contribution in [2.24, 2.45) is 0 Å². The molecule has 4 rings (SSSR count). The van der Waals surface area contributed by atoms with E-state index in [2.05, 4.69) is 0 Å². The van der Waals surface area contributed by atoms with E-state index in [9.17, 15) is 19.7 Å². The fourth-order valence-corrected chi connectivity index (χ4v) is 3.23. The Balaban J connectivity index is 1.85. The largest absolute Gasteiger partial charge is 0.452 e. The molecule has 0 spiro atoms. The molecular formula is C23H14ClNO6. The molecule has 0 bridgehead atoms. The highest BCUT2D eigenvalue weighted by Gasteiger charge is 2.23. The number of nitro groups is 1. The van der Waals surface area contributed by atoms with E-state index in [0.29, 0.717) is 11.1 Å². The van der Waals surface area contributed by atoms with E-state index >= 15 is 0 Å². The summed E-state index contributed by atoms with van der Waals surface area (Å²) in [6, 6.07) is 17.2. The van der Waals surface area contributed by atoms with Crippen molar-refractivity contribution in [2.45, 2.75) is 6.92 Å². The summed E-state index contributed by atoms with van der Waals surface area (Å²) >= 11 is 5.81. The third-order valence-corrected chi connectivity index (χ3v) is 4.96. The zero-order valence-electron chi connectivity index (χ0n) is 16.1. The predicted octanol–water partition coefficient (Wildman–Crippen LogP) is 5.55. The first-order valence-corrected chi connectivity index (χ1v) is 9.52. The Morgan fingerprint density at radius 1 is 1.06 bits per heavy atom. The molecule has 3 aromatic carbocycles. The molecular weight excluding hydrogens is 422 g/mol. The van der Waals surface area contributed by atoms with Crippen LogP contribution >= 0.6 is 11.6 Å². The summed E-state index contributed by atoms with van der Waals surface area (Å²) < 4.78 is 11.3. The van der Waals surface area contributed by atoms with Gasteiger partial charge in [-0.05, 0) is 31.2 Å². The van der Waals surface area contributed by atoms with Gasteiger partial charge in [0.2, 0.25) is 11.2 Å². The van der Waals surface area contributed by atoms with Crippen LogP contribution in [0.1, 0.15) is 15.9 Å². The topological polar surface area (TPSA) is 99.7 Å². The van der Waals surface area contributed by atoms with Crippen LogP contribution in [0, 0.1) is 17.0 Å². The first kappa shape index (κ1) is 20.3. The van der Waals surface area contributed by atoms with Crippen LogP contribution in [0.25, 0.3) is 22.3 Å². The van der Waals surface area contributed by atoms with Crippen LogP contribution in [0.4, 0.5) is 5.69 Å². The smallest absolute Gasteiger partial charge is 0.344 e. The average molecular weight is 436 g/mol. The van der Waals surface area contributed by atoms with E-state index in [1.165, 1.54) is 12.1 Å². The number of nitro benzene ring substituents is 1. The van der Waals surface area contributed by atoms with E-state index in [-0.39, 0.29) is 27.5 Å². The lowest BCUT2D eigenvalue weighted by atomic mass is 10.1. The van der Waals surface area contributed by atoms with Gasteiger partial charge in [0.05, 0.1) is 15.9 Å². The van der Waals surface area contributed by atoms with Gasteiger partial charge in [-0.15, -0.1) is 0 Å². The van der Waals surface area contributed by atoms with Gasteiger partial charge in [0, 0.05) is 11.6 Å². The number of nitrogens with zero attached hydrogens (tertiary/aromatic N) is 1. The Kier molecular flexibility index (Phi) is 5.27. The second kappa shape index (κ2) is 8.04. The number of halogens is 1. The minimum atomic E-state index is -0.948. The molecule has 31 heavy (non-hydrogen) atoms. The second-order valence-electron chi connectivity index (χ2n) is 6.76. The van der Waals surface area contributed by atoms with E-state index in [0.717, 1.165) is 11.6 Å². The first-order valence-electron chi connectivity index (χ1n) is 9.14. The van der Waals surface area contributed by atoms with Crippen molar-refractivity contribution in [1.29, 1.82) is 0 Å². The molecule has 0 saturated heterocycles. The molecule has 0 aliphatic heterocycles. The van der Waals surface area contributed by atoms with Crippen LogP contribution in [0.5, 0.6) is 5.75 Å². The maximum Gasteiger partial charge on any atom is 0.344 e. The van der Waals surface area contributed by atoms with Crippen LogP contribution < -0.4 is 10.2 Å². The summed E-state index contributed by atoms with van der Waals surface area (Å²) in [5.74, 6) is -1.17. The number of carbonyl (C=O) groups excluding carboxylic acids is 1. The molecule has 0 radical (unpaired) electrons. The molecule has 0 unspecified atom stereocenters. The number of hydrogen-bond acceptors (Lipinski definition) is 6. The van der Waals surface area contributed by atoms with Crippen molar-refractivity contribution < 1.29 is 18.9 Å². The SMILES string of the molecule is Cc1ccc(-c2oc3ccccc3c(=O)c2OC(=O)c2ccc(Cl)c([N+](=O)[O-])c2)cc1. The normalized spacial score (nSPS) is 10.8. The second-order valence-corrected chi connectivity index (χ2v) is 7.17. The lowest BCUT2D eigenvalue weighted by Crippen LogP contribution is -2.16. The minimum Gasteiger partial charge on any atom is -0.452 e. The summed E-state index contributed by atoms with van der Waals surface area (Å²) in [5, 5.41) is 11.2. The van der Waals surface area contributed by atoms with Gasteiger partial charge in [-0.3, -0.25) is 14.9 Å². The van der Waals surface area contributed by atoms with Gasteiger partial charge in [0.15, 0.2) is 5.76 Å². The average Bonchev–Trinajstić information content (AvgIpc) is 2.76. The Morgan fingerprint density at radius 2 is 1.77 bits per heavy atom. The van der Waals surface area contributed by atoms with Crippen LogP contribution in [0.15, 0.2) is 75.9 Å². The van der Waals surface area contributed by atoms with E-state index in [1.54, 1.807) is 36.4 Å². The molecule has 1 heterocycles. The molecule has 0 fully saturated rings. The predicted molar refractivity (Wildman–Crippen MR) is 116 cm³/mol. The molecule has 7 nitrogen and oxygen atoms in total. The fourth-order valence-electron chi connectivity index (χ4n) is 3.04. The maximum absolute atomic E-state index is 13.1. The van der Waals surface area contributed by atoms with Crippen molar-refractivity contribution in [3.63, 3.8) is 0 Å². The summed E-state index contributed by atoms with van der Waals surface area (Å²) in [4.78, 5) is 36.3. The number of rotatable bonds is 4. The summed E-state index contributed by atoms with van der Waals surface area (Å²) in [6.45, 7) is 1.91. The Morgan fingerprint density at radius 3 is 2.48 bits per heavy atom. The Labute approximate surface area is 180 Å². The fraction of sp³-hybridized carbons (Fsp3) is 0.0435. The number of benzene rings is 3. The molecule has 0 amide bonds. The highest BCUT2D eigenvalue weighted by atomic mass is 35.5. The Hall–Kier alpha value is -3.97. The molecule has 0 saturated carbocycles. The number of esters is 1. The third-order valence-electron chi connectivity index (χ3n) is 4.64. The van der Waals surface area contributed by atoms with Crippen LogP contribution in [-0.2, 0) is 0 Å². The maximum atomic E-state index is 13.1. The van der Waals surface area contributed by atoms with Gasteiger partial charge in [-0.1, -0.05) is 53.6 Å². The highest BCUT2D eigenvalue weighted by Crippen LogP contribution is 2.32. The van der Waals surface area contributed by atoms with Crippen molar-refractivity contribution in [3.05, 3.63) is 103 Å².